The molecule has 3 heteroatoms. The Hall–Kier alpha value is -0.570. The zero-order valence-corrected chi connectivity index (χ0v) is 12.8. The summed E-state index contributed by atoms with van der Waals surface area (Å²) in [6.07, 6.45) is 3.60. The minimum absolute atomic E-state index is 0.489. The minimum atomic E-state index is 0.489. The standard InChI is InChI=1S/C16H25ClN2/c1-3-10-19(15-8-9-18-12-15)16(4-2)13-6-5-7-14(17)11-13/h5-7,11,15-16,18H,3-4,8-10,12H2,1-2H3. The molecular formula is C16H25ClN2. The number of nitrogens with one attached hydrogen (secondary N) is 1. The van der Waals surface area contributed by atoms with Gasteiger partial charge in [-0.15, -0.1) is 0 Å². The van der Waals surface area contributed by atoms with E-state index in [9.17, 15) is 0 Å². The fourth-order valence-corrected chi connectivity index (χ4v) is 3.35. The molecule has 1 aromatic rings. The SMILES string of the molecule is CCCN(C1CCNC1)C(CC)c1cccc(Cl)c1. The molecule has 2 rings (SSSR count). The molecule has 0 radical (unpaired) electrons. The second kappa shape index (κ2) is 7.28. The van der Waals surface area contributed by atoms with Gasteiger partial charge in [-0.2, -0.15) is 0 Å². The Bertz CT molecular complexity index is 388. The van der Waals surface area contributed by atoms with Crippen molar-refractivity contribution in [1.82, 2.24) is 10.2 Å². The lowest BCUT2D eigenvalue weighted by Gasteiger charge is -2.36. The van der Waals surface area contributed by atoms with E-state index in [1.54, 1.807) is 0 Å². The molecule has 2 nitrogen and oxygen atoms in total. The largest absolute Gasteiger partial charge is 0.315 e. The van der Waals surface area contributed by atoms with Crippen molar-refractivity contribution in [1.29, 1.82) is 0 Å². The number of hydrogen-bond donors (Lipinski definition) is 1. The van der Waals surface area contributed by atoms with Crippen molar-refractivity contribution in [2.45, 2.75) is 45.2 Å². The summed E-state index contributed by atoms with van der Waals surface area (Å²) in [5.74, 6) is 0. The van der Waals surface area contributed by atoms with Crippen molar-refractivity contribution >= 4 is 11.6 Å². The first-order valence-electron chi connectivity index (χ1n) is 7.48. The van der Waals surface area contributed by atoms with Gasteiger partial charge in [0, 0.05) is 23.7 Å². The third-order valence-electron chi connectivity index (χ3n) is 4.01. The normalized spacial score (nSPS) is 20.9. The molecule has 0 spiro atoms. The topological polar surface area (TPSA) is 15.3 Å². The van der Waals surface area contributed by atoms with Gasteiger partial charge in [0.15, 0.2) is 0 Å². The number of rotatable bonds is 6. The monoisotopic (exact) mass is 280 g/mol. The summed E-state index contributed by atoms with van der Waals surface area (Å²) in [6.45, 7) is 7.97. The van der Waals surface area contributed by atoms with E-state index in [2.05, 4.69) is 42.3 Å². The highest BCUT2D eigenvalue weighted by atomic mass is 35.5. The number of nitrogens with zero attached hydrogens (tertiary/aromatic N) is 1. The molecule has 0 saturated carbocycles. The average Bonchev–Trinajstić information content (AvgIpc) is 2.92. The van der Waals surface area contributed by atoms with E-state index < -0.39 is 0 Å². The first kappa shape index (κ1) is 14.8. The summed E-state index contributed by atoms with van der Waals surface area (Å²) in [5, 5.41) is 4.33. The highest BCUT2D eigenvalue weighted by molar-refractivity contribution is 6.30. The van der Waals surface area contributed by atoms with Crippen LogP contribution in [0.3, 0.4) is 0 Å². The number of benzene rings is 1. The summed E-state index contributed by atoms with van der Waals surface area (Å²) in [6, 6.07) is 9.52. The highest BCUT2D eigenvalue weighted by Gasteiger charge is 2.27. The lowest BCUT2D eigenvalue weighted by molar-refractivity contribution is 0.138. The fraction of sp³-hybridized carbons (Fsp3) is 0.625. The lowest BCUT2D eigenvalue weighted by atomic mass is 10.00. The van der Waals surface area contributed by atoms with E-state index in [0.717, 1.165) is 31.1 Å². The predicted molar refractivity (Wildman–Crippen MR) is 82.8 cm³/mol. The smallest absolute Gasteiger partial charge is 0.0409 e. The molecule has 1 aliphatic heterocycles. The van der Waals surface area contributed by atoms with Crippen molar-refractivity contribution in [3.05, 3.63) is 34.9 Å². The fourth-order valence-electron chi connectivity index (χ4n) is 3.15. The summed E-state index contributed by atoms with van der Waals surface area (Å²) >= 11 is 6.16. The minimum Gasteiger partial charge on any atom is -0.315 e. The molecule has 2 unspecified atom stereocenters. The van der Waals surface area contributed by atoms with Gasteiger partial charge in [0.05, 0.1) is 0 Å². The first-order chi connectivity index (χ1) is 9.26. The van der Waals surface area contributed by atoms with Crippen molar-refractivity contribution in [3.63, 3.8) is 0 Å². The lowest BCUT2D eigenvalue weighted by Crippen LogP contribution is -2.40. The van der Waals surface area contributed by atoms with Crippen LogP contribution in [0.15, 0.2) is 24.3 Å². The molecule has 1 saturated heterocycles. The van der Waals surface area contributed by atoms with E-state index >= 15 is 0 Å². The molecule has 1 fully saturated rings. The quantitative estimate of drug-likeness (QED) is 0.851. The third-order valence-corrected chi connectivity index (χ3v) is 4.24. The van der Waals surface area contributed by atoms with Crippen LogP contribution in [0.5, 0.6) is 0 Å². The Kier molecular flexibility index (Phi) is 5.68. The van der Waals surface area contributed by atoms with E-state index in [0.29, 0.717) is 12.1 Å². The molecule has 1 aliphatic rings. The third kappa shape index (κ3) is 3.71. The molecule has 0 aromatic heterocycles. The summed E-state index contributed by atoms with van der Waals surface area (Å²) < 4.78 is 0. The van der Waals surface area contributed by atoms with E-state index in [4.69, 9.17) is 11.6 Å². The predicted octanol–water partition coefficient (Wildman–Crippen LogP) is 3.87. The first-order valence-corrected chi connectivity index (χ1v) is 7.86. The average molecular weight is 281 g/mol. The van der Waals surface area contributed by atoms with Crippen molar-refractivity contribution in [2.24, 2.45) is 0 Å². The Labute approximate surface area is 122 Å². The van der Waals surface area contributed by atoms with Gasteiger partial charge in [-0.1, -0.05) is 37.6 Å². The maximum atomic E-state index is 6.16. The van der Waals surface area contributed by atoms with Crippen LogP contribution in [-0.2, 0) is 0 Å². The number of hydrogen-bond acceptors (Lipinski definition) is 2. The molecule has 1 N–H and O–H groups in total. The second-order valence-electron chi connectivity index (χ2n) is 5.36. The number of halogens is 1. The van der Waals surface area contributed by atoms with Crippen LogP contribution in [0.4, 0.5) is 0 Å². The molecular weight excluding hydrogens is 256 g/mol. The molecule has 0 bridgehead atoms. The Morgan fingerprint density at radius 1 is 1.42 bits per heavy atom. The maximum Gasteiger partial charge on any atom is 0.0409 e. The zero-order chi connectivity index (χ0) is 13.7. The molecule has 2 atom stereocenters. The molecule has 0 amide bonds. The molecule has 106 valence electrons. The Balaban J connectivity index is 2.20. The van der Waals surface area contributed by atoms with Crippen LogP contribution in [0.1, 0.15) is 44.7 Å². The van der Waals surface area contributed by atoms with Gasteiger partial charge in [-0.05, 0) is 50.0 Å². The molecule has 19 heavy (non-hydrogen) atoms. The summed E-state index contributed by atoms with van der Waals surface area (Å²) in [7, 11) is 0. The Morgan fingerprint density at radius 2 is 2.26 bits per heavy atom. The van der Waals surface area contributed by atoms with Gasteiger partial charge in [0.1, 0.15) is 0 Å². The van der Waals surface area contributed by atoms with Crippen LogP contribution < -0.4 is 5.32 Å². The molecule has 0 aliphatic carbocycles. The van der Waals surface area contributed by atoms with Crippen LogP contribution >= 0.6 is 11.6 Å². The zero-order valence-electron chi connectivity index (χ0n) is 12.0. The van der Waals surface area contributed by atoms with Gasteiger partial charge in [0.25, 0.3) is 0 Å². The van der Waals surface area contributed by atoms with E-state index in [-0.39, 0.29) is 0 Å². The maximum absolute atomic E-state index is 6.16. The Morgan fingerprint density at radius 3 is 2.84 bits per heavy atom. The van der Waals surface area contributed by atoms with Gasteiger partial charge >= 0.3 is 0 Å². The van der Waals surface area contributed by atoms with E-state index in [1.807, 2.05) is 6.07 Å². The van der Waals surface area contributed by atoms with Crippen LogP contribution in [0.2, 0.25) is 5.02 Å². The van der Waals surface area contributed by atoms with Crippen LogP contribution in [-0.4, -0.2) is 30.6 Å². The van der Waals surface area contributed by atoms with Crippen LogP contribution in [0, 0.1) is 0 Å². The summed E-state index contributed by atoms with van der Waals surface area (Å²) in [4.78, 5) is 2.67. The summed E-state index contributed by atoms with van der Waals surface area (Å²) in [5.41, 5.74) is 1.36. The molecule has 1 aromatic carbocycles. The van der Waals surface area contributed by atoms with Crippen molar-refractivity contribution < 1.29 is 0 Å². The second-order valence-corrected chi connectivity index (χ2v) is 5.80. The molecule has 1 heterocycles. The van der Waals surface area contributed by atoms with Gasteiger partial charge in [0.2, 0.25) is 0 Å². The van der Waals surface area contributed by atoms with Gasteiger partial charge < -0.3 is 5.32 Å². The van der Waals surface area contributed by atoms with Crippen molar-refractivity contribution in [2.75, 3.05) is 19.6 Å². The highest BCUT2D eigenvalue weighted by Crippen LogP contribution is 2.29. The van der Waals surface area contributed by atoms with Gasteiger partial charge in [-0.3, -0.25) is 4.90 Å². The van der Waals surface area contributed by atoms with E-state index in [1.165, 1.54) is 18.4 Å². The van der Waals surface area contributed by atoms with Gasteiger partial charge in [-0.25, -0.2) is 0 Å². The van der Waals surface area contributed by atoms with Crippen molar-refractivity contribution in [3.8, 4) is 0 Å². The van der Waals surface area contributed by atoms with Crippen LogP contribution in [0.25, 0.3) is 0 Å².